The topological polar surface area (TPSA) is 73.8 Å². The van der Waals surface area contributed by atoms with Crippen molar-refractivity contribution in [1.82, 2.24) is 0 Å². The van der Waals surface area contributed by atoms with Crippen LogP contribution in [0.3, 0.4) is 0 Å². The van der Waals surface area contributed by atoms with Gasteiger partial charge in [-0.2, -0.15) is 0 Å². The summed E-state index contributed by atoms with van der Waals surface area (Å²) in [5.74, 6) is 7.32. The largest absolute Gasteiger partial charge is 0.497 e. The van der Waals surface area contributed by atoms with E-state index in [0.717, 1.165) is 88.7 Å². The smallest absolute Gasteiger partial charge is 0.187 e. The standard InChI is InChI=1S/C57H80O8/c1-37(2)11-10-12-38(3)49-27-28-50-48-26-19-43-33-47(29-31-56(43,5)51(48)30-32-57(49,50)6)65-55-54(63-36-42-17-24-46(60-9)25-18-42)53(62-35-41-15-22-45(59-8)23-16-41)52(39(4)64-55)61-34-40-13-20-44(58-7)21-14-40/h13-25,37-39,47-55H,10-12,26-36H2,1-9H3/t38-,39+,47+,48+,49-,50+,51+,52-,53-,54+,55+,56+,57-/m1/s1. The number of methoxy groups -OCH3 is 3. The zero-order chi connectivity index (χ0) is 45.7. The molecular weight excluding hydrogens is 813 g/mol. The van der Waals surface area contributed by atoms with E-state index in [2.05, 4.69) is 47.6 Å². The van der Waals surface area contributed by atoms with E-state index in [9.17, 15) is 0 Å². The summed E-state index contributed by atoms with van der Waals surface area (Å²) in [5, 5.41) is 0. The van der Waals surface area contributed by atoms with Gasteiger partial charge in [0.1, 0.15) is 35.6 Å². The van der Waals surface area contributed by atoms with Gasteiger partial charge >= 0.3 is 0 Å². The third-order valence-electron chi connectivity index (χ3n) is 17.1. The minimum Gasteiger partial charge on any atom is -0.497 e. The van der Waals surface area contributed by atoms with Crippen LogP contribution in [0.5, 0.6) is 17.2 Å². The lowest BCUT2D eigenvalue weighted by molar-refractivity contribution is -0.330. The summed E-state index contributed by atoms with van der Waals surface area (Å²) in [4.78, 5) is 0. The third-order valence-corrected chi connectivity index (χ3v) is 17.1. The lowest BCUT2D eigenvalue weighted by Crippen LogP contribution is -2.60. The van der Waals surface area contributed by atoms with Gasteiger partial charge in [0.15, 0.2) is 6.29 Å². The molecule has 3 aromatic rings. The van der Waals surface area contributed by atoms with Crippen LogP contribution in [0.2, 0.25) is 0 Å². The highest BCUT2D eigenvalue weighted by Crippen LogP contribution is 2.67. The minimum absolute atomic E-state index is 0.0190. The summed E-state index contributed by atoms with van der Waals surface area (Å²) in [7, 11) is 5.05. The third kappa shape index (κ3) is 10.7. The lowest BCUT2D eigenvalue weighted by Gasteiger charge is -2.58. The Hall–Kier alpha value is -3.40. The fourth-order valence-corrected chi connectivity index (χ4v) is 13.4. The molecule has 1 saturated heterocycles. The van der Waals surface area contributed by atoms with E-state index in [-0.39, 0.29) is 17.6 Å². The maximum absolute atomic E-state index is 7.22. The Morgan fingerprint density at radius 3 is 1.74 bits per heavy atom. The van der Waals surface area contributed by atoms with E-state index in [1.807, 2.05) is 72.8 Å². The monoisotopic (exact) mass is 893 g/mol. The van der Waals surface area contributed by atoms with Crippen molar-refractivity contribution in [2.75, 3.05) is 21.3 Å². The number of benzene rings is 3. The van der Waals surface area contributed by atoms with Crippen molar-refractivity contribution in [3.8, 4) is 17.2 Å². The molecule has 0 spiro atoms. The van der Waals surface area contributed by atoms with Crippen molar-refractivity contribution in [2.45, 2.75) is 169 Å². The summed E-state index contributed by atoms with van der Waals surface area (Å²) in [6, 6.07) is 24.1. The van der Waals surface area contributed by atoms with Crippen molar-refractivity contribution in [2.24, 2.45) is 46.3 Å². The second-order valence-corrected chi connectivity index (χ2v) is 21.4. The Kier molecular flexibility index (Phi) is 15.7. The molecule has 0 amide bonds. The number of allylic oxidation sites excluding steroid dienone is 1. The van der Waals surface area contributed by atoms with Crippen molar-refractivity contribution in [3.63, 3.8) is 0 Å². The number of ether oxygens (including phenoxy) is 8. The molecule has 3 saturated carbocycles. The highest BCUT2D eigenvalue weighted by atomic mass is 16.7. The molecule has 0 radical (unpaired) electrons. The molecule has 3 aromatic carbocycles. The summed E-state index contributed by atoms with van der Waals surface area (Å²) >= 11 is 0. The zero-order valence-corrected chi connectivity index (χ0v) is 41.1. The molecule has 8 rings (SSSR count). The molecule has 356 valence electrons. The highest BCUT2D eigenvalue weighted by molar-refractivity contribution is 5.29. The van der Waals surface area contributed by atoms with Gasteiger partial charge in [-0.3, -0.25) is 0 Å². The van der Waals surface area contributed by atoms with Crippen LogP contribution in [0.25, 0.3) is 0 Å². The Morgan fingerprint density at radius 2 is 1.18 bits per heavy atom. The first-order valence-electron chi connectivity index (χ1n) is 25.2. The van der Waals surface area contributed by atoms with E-state index in [1.54, 1.807) is 26.9 Å². The quantitative estimate of drug-likeness (QED) is 0.110. The van der Waals surface area contributed by atoms with Crippen molar-refractivity contribution in [3.05, 3.63) is 101 Å². The molecule has 8 nitrogen and oxygen atoms in total. The van der Waals surface area contributed by atoms with E-state index in [4.69, 9.17) is 37.9 Å². The number of rotatable bonds is 19. The number of hydrogen-bond acceptors (Lipinski definition) is 8. The van der Waals surface area contributed by atoms with Crippen molar-refractivity contribution in [1.29, 1.82) is 0 Å². The molecule has 1 heterocycles. The van der Waals surface area contributed by atoms with Crippen LogP contribution in [0.4, 0.5) is 0 Å². The maximum atomic E-state index is 7.22. The second kappa shape index (κ2) is 21.3. The normalized spacial score (nSPS) is 33.7. The summed E-state index contributed by atoms with van der Waals surface area (Å²) < 4.78 is 51.2. The van der Waals surface area contributed by atoms with Gasteiger partial charge in [-0.1, -0.05) is 102 Å². The average Bonchev–Trinajstić information content (AvgIpc) is 3.68. The fourth-order valence-electron chi connectivity index (χ4n) is 13.4. The summed E-state index contributed by atoms with van der Waals surface area (Å²) in [6.45, 7) is 15.8. The molecule has 0 bridgehead atoms. The molecule has 1 aliphatic heterocycles. The minimum atomic E-state index is -0.649. The second-order valence-electron chi connectivity index (χ2n) is 21.4. The van der Waals surface area contributed by atoms with E-state index in [0.29, 0.717) is 25.2 Å². The predicted octanol–water partition coefficient (Wildman–Crippen LogP) is 12.9. The lowest BCUT2D eigenvalue weighted by atomic mass is 9.47. The number of fused-ring (bicyclic) bond motifs is 5. The van der Waals surface area contributed by atoms with Crippen LogP contribution < -0.4 is 14.2 Å². The van der Waals surface area contributed by atoms with Crippen molar-refractivity contribution >= 4 is 0 Å². The molecular formula is C57H80O8. The molecule has 8 heteroatoms. The van der Waals surface area contributed by atoms with Gasteiger partial charge in [0.25, 0.3) is 0 Å². The summed E-state index contributed by atoms with van der Waals surface area (Å²) in [6.07, 6.45) is 14.3. The van der Waals surface area contributed by atoms with Crippen LogP contribution >= 0.6 is 0 Å². The maximum Gasteiger partial charge on any atom is 0.187 e. The average molecular weight is 893 g/mol. The van der Waals surface area contributed by atoms with E-state index >= 15 is 0 Å². The first-order valence-corrected chi connectivity index (χ1v) is 25.2. The van der Waals surface area contributed by atoms with Crippen LogP contribution in [0.15, 0.2) is 84.4 Å². The van der Waals surface area contributed by atoms with Gasteiger partial charge in [-0.15, -0.1) is 0 Å². The predicted molar refractivity (Wildman–Crippen MR) is 257 cm³/mol. The van der Waals surface area contributed by atoms with Crippen LogP contribution in [-0.2, 0) is 43.5 Å². The fraction of sp³-hybridized carbons (Fsp3) is 0.649. The summed E-state index contributed by atoms with van der Waals surface area (Å²) in [5.41, 5.74) is 5.42. The van der Waals surface area contributed by atoms with Crippen LogP contribution in [0.1, 0.15) is 129 Å². The molecule has 65 heavy (non-hydrogen) atoms. The highest BCUT2D eigenvalue weighted by Gasteiger charge is 2.59. The molecule has 5 aliphatic rings. The van der Waals surface area contributed by atoms with Gasteiger partial charge in [-0.25, -0.2) is 0 Å². The molecule has 0 unspecified atom stereocenters. The molecule has 0 aromatic heterocycles. The molecule has 4 aliphatic carbocycles. The molecule has 4 fully saturated rings. The van der Waals surface area contributed by atoms with Gasteiger partial charge in [0.2, 0.25) is 0 Å². The molecule has 13 atom stereocenters. The number of hydrogen-bond donors (Lipinski definition) is 0. The zero-order valence-electron chi connectivity index (χ0n) is 41.1. The van der Waals surface area contributed by atoms with E-state index in [1.165, 1.54) is 51.4 Å². The van der Waals surface area contributed by atoms with Gasteiger partial charge in [0, 0.05) is 0 Å². The Morgan fingerprint density at radius 1 is 0.631 bits per heavy atom. The van der Waals surface area contributed by atoms with Gasteiger partial charge in [0.05, 0.1) is 53.4 Å². The Balaban J connectivity index is 1.01. The van der Waals surface area contributed by atoms with Crippen molar-refractivity contribution < 1.29 is 37.9 Å². The van der Waals surface area contributed by atoms with Crippen LogP contribution in [-0.4, -0.2) is 58.1 Å². The van der Waals surface area contributed by atoms with Gasteiger partial charge < -0.3 is 37.9 Å². The first-order chi connectivity index (χ1) is 31.4. The molecule has 0 N–H and O–H groups in total. The van der Waals surface area contributed by atoms with Gasteiger partial charge in [-0.05, 0) is 158 Å². The SMILES string of the molecule is COc1ccc(CO[C@H]2[C@H](OCc3ccc(OC)cc3)[C@H](O[C@H]3CC[C@@]4(C)C(=CC[C@H]5[C@@H]6CC[C@H]([C@H](C)CCCC(C)C)[C@@]6(C)CC[C@@H]54)C3)O[C@@H](C)[C@H]2OCc2ccc(OC)cc2)cc1. The first kappa shape index (κ1) is 48.1. The van der Waals surface area contributed by atoms with E-state index < -0.39 is 24.6 Å². The Labute approximate surface area is 391 Å². The Bertz CT molecular complexity index is 1980. The van der Waals surface area contributed by atoms with Crippen LogP contribution in [0, 0.1) is 46.3 Å².